The first-order chi connectivity index (χ1) is 18.0. The van der Waals surface area contributed by atoms with Crippen molar-refractivity contribution in [2.75, 3.05) is 14.2 Å². The number of ketones is 1. The Hall–Kier alpha value is -3.48. The van der Waals surface area contributed by atoms with Gasteiger partial charge in [0.2, 0.25) is 0 Å². The lowest BCUT2D eigenvalue weighted by molar-refractivity contribution is -0.140. The normalized spacial score (nSPS) is 17.1. The number of rotatable bonds is 6. The number of hydrogen-bond donors (Lipinski definition) is 1. The molecule has 1 saturated heterocycles. The van der Waals surface area contributed by atoms with Crippen LogP contribution >= 0.6 is 23.2 Å². The lowest BCUT2D eigenvalue weighted by Gasteiger charge is -2.27. The number of Topliss-reactive ketones (excluding diaryl/α,β-unsaturated/α-hetero) is 1. The molecule has 0 aromatic heterocycles. The molecule has 4 rings (SSSR count). The standard InChI is InChI=1S/C30H29Cl2NO5/c1-30(2,3)20-10-8-18(9-11-20)25-24(26(34)19-14-22(31)28(38-5)23(32)15-19)27(35)29(36)33(25)16-17-6-12-21(37-4)13-7-17/h6-15,25,34H,16H2,1-5H3/b26-24+. The molecule has 1 N–H and O–H groups in total. The molecule has 0 bridgehead atoms. The smallest absolute Gasteiger partial charge is 0.295 e. The van der Waals surface area contributed by atoms with Gasteiger partial charge < -0.3 is 19.5 Å². The fraction of sp³-hybridized carbons (Fsp3) is 0.267. The number of amides is 1. The first-order valence-corrected chi connectivity index (χ1v) is 12.8. The highest BCUT2D eigenvalue weighted by Crippen LogP contribution is 2.43. The van der Waals surface area contributed by atoms with Crippen molar-refractivity contribution in [3.63, 3.8) is 0 Å². The van der Waals surface area contributed by atoms with E-state index < -0.39 is 17.7 Å². The zero-order chi connectivity index (χ0) is 27.8. The minimum Gasteiger partial charge on any atom is -0.507 e. The Kier molecular flexibility index (Phi) is 7.77. The molecule has 8 heteroatoms. The minimum absolute atomic E-state index is 0.0377. The summed E-state index contributed by atoms with van der Waals surface area (Å²) in [4.78, 5) is 28.2. The molecule has 1 heterocycles. The van der Waals surface area contributed by atoms with E-state index in [0.717, 1.165) is 11.1 Å². The van der Waals surface area contributed by atoms with Crippen molar-refractivity contribution in [3.05, 3.63) is 98.5 Å². The molecule has 3 aromatic carbocycles. The van der Waals surface area contributed by atoms with Gasteiger partial charge in [0.25, 0.3) is 11.7 Å². The van der Waals surface area contributed by atoms with Gasteiger partial charge >= 0.3 is 0 Å². The van der Waals surface area contributed by atoms with Crippen LogP contribution in [0.1, 0.15) is 49.1 Å². The van der Waals surface area contributed by atoms with Gasteiger partial charge in [-0.2, -0.15) is 0 Å². The molecular weight excluding hydrogens is 525 g/mol. The Balaban J connectivity index is 1.87. The Morgan fingerprint density at radius 3 is 2.00 bits per heavy atom. The zero-order valence-electron chi connectivity index (χ0n) is 21.8. The molecule has 0 spiro atoms. The number of methoxy groups -OCH3 is 2. The predicted molar refractivity (Wildman–Crippen MR) is 149 cm³/mol. The number of aliphatic hydroxyl groups is 1. The topological polar surface area (TPSA) is 76.1 Å². The molecule has 0 radical (unpaired) electrons. The van der Waals surface area contributed by atoms with Crippen LogP contribution in [0.5, 0.6) is 11.5 Å². The van der Waals surface area contributed by atoms with Gasteiger partial charge in [0, 0.05) is 12.1 Å². The molecule has 1 aliphatic rings. The van der Waals surface area contributed by atoms with E-state index in [9.17, 15) is 14.7 Å². The van der Waals surface area contributed by atoms with Crippen molar-refractivity contribution in [2.45, 2.75) is 38.8 Å². The number of carbonyl (C=O) groups is 2. The van der Waals surface area contributed by atoms with Crippen LogP contribution in [-0.2, 0) is 21.5 Å². The third-order valence-electron chi connectivity index (χ3n) is 6.62. The summed E-state index contributed by atoms with van der Waals surface area (Å²) in [5.74, 6) is -0.934. The summed E-state index contributed by atoms with van der Waals surface area (Å²) >= 11 is 12.6. The van der Waals surface area contributed by atoms with E-state index in [-0.39, 0.29) is 44.7 Å². The highest BCUT2D eigenvalue weighted by Gasteiger charge is 2.46. The number of benzene rings is 3. The second kappa shape index (κ2) is 10.7. The number of carbonyl (C=O) groups excluding carboxylic acids is 2. The fourth-order valence-electron chi connectivity index (χ4n) is 4.53. The van der Waals surface area contributed by atoms with Gasteiger partial charge in [-0.25, -0.2) is 0 Å². The van der Waals surface area contributed by atoms with Crippen LogP contribution in [0.3, 0.4) is 0 Å². The van der Waals surface area contributed by atoms with Crippen molar-refractivity contribution in [2.24, 2.45) is 0 Å². The Bertz CT molecular complexity index is 1380. The highest BCUT2D eigenvalue weighted by molar-refractivity contribution is 6.46. The molecule has 1 unspecified atom stereocenters. The second-order valence-corrected chi connectivity index (χ2v) is 10.9. The fourth-order valence-corrected chi connectivity index (χ4v) is 5.17. The van der Waals surface area contributed by atoms with Crippen LogP contribution in [0.2, 0.25) is 10.0 Å². The van der Waals surface area contributed by atoms with Crippen LogP contribution < -0.4 is 9.47 Å². The van der Waals surface area contributed by atoms with Gasteiger partial charge in [-0.3, -0.25) is 9.59 Å². The number of likely N-dealkylation sites (tertiary alicyclic amines) is 1. The monoisotopic (exact) mass is 553 g/mol. The number of aliphatic hydroxyl groups excluding tert-OH is 1. The number of ether oxygens (including phenoxy) is 2. The van der Waals surface area contributed by atoms with Gasteiger partial charge in [-0.15, -0.1) is 0 Å². The number of halogens is 2. The maximum Gasteiger partial charge on any atom is 0.295 e. The maximum absolute atomic E-state index is 13.4. The molecule has 1 atom stereocenters. The molecule has 0 saturated carbocycles. The average molecular weight is 554 g/mol. The number of hydrogen-bond acceptors (Lipinski definition) is 5. The van der Waals surface area contributed by atoms with E-state index in [2.05, 4.69) is 20.8 Å². The number of nitrogens with zero attached hydrogens (tertiary/aromatic N) is 1. The van der Waals surface area contributed by atoms with Gasteiger partial charge in [0.15, 0.2) is 5.75 Å². The molecule has 1 amide bonds. The second-order valence-electron chi connectivity index (χ2n) is 10.1. The van der Waals surface area contributed by atoms with Crippen LogP contribution in [-0.4, -0.2) is 35.9 Å². The maximum atomic E-state index is 13.4. The molecular formula is C30H29Cl2NO5. The third-order valence-corrected chi connectivity index (χ3v) is 7.18. The summed E-state index contributed by atoms with van der Waals surface area (Å²) in [7, 11) is 3.01. The van der Waals surface area contributed by atoms with E-state index in [4.69, 9.17) is 32.7 Å². The van der Waals surface area contributed by atoms with E-state index in [0.29, 0.717) is 11.3 Å². The van der Waals surface area contributed by atoms with E-state index in [1.807, 2.05) is 36.4 Å². The van der Waals surface area contributed by atoms with Gasteiger partial charge in [-0.1, -0.05) is 80.4 Å². The van der Waals surface area contributed by atoms with Crippen molar-refractivity contribution >= 4 is 40.7 Å². The van der Waals surface area contributed by atoms with E-state index in [1.165, 1.54) is 24.1 Å². The van der Waals surface area contributed by atoms with Crippen LogP contribution in [0, 0.1) is 0 Å². The summed E-state index contributed by atoms with van der Waals surface area (Å²) in [6.07, 6.45) is 0. The van der Waals surface area contributed by atoms with Gasteiger partial charge in [-0.05, 0) is 46.4 Å². The van der Waals surface area contributed by atoms with E-state index >= 15 is 0 Å². The van der Waals surface area contributed by atoms with Crippen LogP contribution in [0.4, 0.5) is 0 Å². The Labute approximate surface area is 232 Å². The summed E-state index contributed by atoms with van der Waals surface area (Å²) in [6, 6.07) is 17.1. The molecule has 0 aliphatic carbocycles. The molecule has 198 valence electrons. The molecule has 3 aromatic rings. The van der Waals surface area contributed by atoms with Gasteiger partial charge in [0.1, 0.15) is 11.5 Å². The van der Waals surface area contributed by atoms with Crippen LogP contribution in [0.25, 0.3) is 5.76 Å². The average Bonchev–Trinajstić information content (AvgIpc) is 3.13. The lowest BCUT2D eigenvalue weighted by atomic mass is 9.85. The molecule has 6 nitrogen and oxygen atoms in total. The first kappa shape index (κ1) is 27.6. The molecule has 38 heavy (non-hydrogen) atoms. The zero-order valence-corrected chi connectivity index (χ0v) is 23.4. The molecule has 1 fully saturated rings. The predicted octanol–water partition coefficient (Wildman–Crippen LogP) is 6.93. The quantitative estimate of drug-likeness (QED) is 0.203. The van der Waals surface area contributed by atoms with Crippen molar-refractivity contribution in [3.8, 4) is 11.5 Å². The third kappa shape index (κ3) is 5.24. The Morgan fingerprint density at radius 2 is 1.50 bits per heavy atom. The highest BCUT2D eigenvalue weighted by atomic mass is 35.5. The van der Waals surface area contributed by atoms with Gasteiger partial charge in [0.05, 0.1) is 35.9 Å². The first-order valence-electron chi connectivity index (χ1n) is 12.0. The minimum atomic E-state index is -0.828. The van der Waals surface area contributed by atoms with E-state index in [1.54, 1.807) is 19.2 Å². The van der Waals surface area contributed by atoms with Crippen molar-refractivity contribution in [1.29, 1.82) is 0 Å². The lowest BCUT2D eigenvalue weighted by Crippen LogP contribution is -2.29. The SMILES string of the molecule is COc1ccc(CN2C(=O)C(=O)/C(=C(/O)c3cc(Cl)c(OC)c(Cl)c3)C2c2ccc(C(C)(C)C)cc2)cc1. The summed E-state index contributed by atoms with van der Waals surface area (Å²) < 4.78 is 10.4. The Morgan fingerprint density at radius 1 is 0.921 bits per heavy atom. The summed E-state index contributed by atoms with van der Waals surface area (Å²) in [5.41, 5.74) is 2.68. The summed E-state index contributed by atoms with van der Waals surface area (Å²) in [6.45, 7) is 6.47. The van der Waals surface area contributed by atoms with Crippen molar-refractivity contribution in [1.82, 2.24) is 4.90 Å². The molecule has 1 aliphatic heterocycles. The largest absolute Gasteiger partial charge is 0.507 e. The summed E-state index contributed by atoms with van der Waals surface area (Å²) in [5, 5.41) is 11.7. The van der Waals surface area contributed by atoms with Crippen molar-refractivity contribution < 1.29 is 24.2 Å². The van der Waals surface area contributed by atoms with Crippen LogP contribution in [0.15, 0.2) is 66.2 Å².